The summed E-state index contributed by atoms with van der Waals surface area (Å²) in [5.74, 6) is 0.640. The minimum absolute atomic E-state index is 0.0292. The topological polar surface area (TPSA) is 26.3 Å². The summed E-state index contributed by atoms with van der Waals surface area (Å²) in [6.07, 6.45) is 17.3. The highest BCUT2D eigenvalue weighted by atomic mass is 16.5. The van der Waals surface area contributed by atoms with Gasteiger partial charge in [-0.15, -0.1) is 0 Å². The number of esters is 1. The zero-order valence-corrected chi connectivity index (χ0v) is 13.5. The van der Waals surface area contributed by atoms with Gasteiger partial charge >= 0.3 is 5.97 Å². The lowest BCUT2D eigenvalue weighted by molar-refractivity contribution is -0.145. The maximum atomic E-state index is 11.6. The minimum Gasteiger partial charge on any atom is -0.465 e. The number of carbonyl (C=O) groups excluding carboxylic acids is 1. The molecule has 1 atom stereocenters. The Kier molecular flexibility index (Phi) is 10.7. The largest absolute Gasteiger partial charge is 0.465 e. The van der Waals surface area contributed by atoms with Gasteiger partial charge < -0.3 is 4.74 Å². The molecule has 1 fully saturated rings. The van der Waals surface area contributed by atoms with Crippen molar-refractivity contribution in [2.45, 2.75) is 96.8 Å². The third-order valence-electron chi connectivity index (χ3n) is 4.44. The maximum absolute atomic E-state index is 11.6. The van der Waals surface area contributed by atoms with Gasteiger partial charge in [-0.25, -0.2) is 0 Å². The average Bonchev–Trinajstić information content (AvgIpc) is 2.44. The van der Waals surface area contributed by atoms with Crippen molar-refractivity contribution in [3.8, 4) is 0 Å². The SMILES string of the molecule is CCCCCCCC1CCCCCCCCC(=O)OC1. The molecule has 0 radical (unpaired) electrons. The van der Waals surface area contributed by atoms with Crippen LogP contribution in [-0.4, -0.2) is 12.6 Å². The average molecular weight is 282 g/mol. The van der Waals surface area contributed by atoms with Crippen LogP contribution < -0.4 is 0 Å². The Hall–Kier alpha value is -0.530. The number of cyclic esters (lactones) is 1. The molecule has 0 amide bonds. The number of rotatable bonds is 6. The first-order valence-corrected chi connectivity index (χ1v) is 8.98. The molecule has 1 aliphatic heterocycles. The second kappa shape index (κ2) is 12.2. The van der Waals surface area contributed by atoms with Crippen LogP contribution in [-0.2, 0) is 9.53 Å². The molecule has 1 unspecified atom stereocenters. The van der Waals surface area contributed by atoms with Gasteiger partial charge in [0.1, 0.15) is 0 Å². The van der Waals surface area contributed by atoms with E-state index in [0.717, 1.165) is 6.42 Å². The number of carbonyl (C=O) groups is 1. The molecule has 1 heterocycles. The Balaban J connectivity index is 2.23. The van der Waals surface area contributed by atoms with Crippen LogP contribution in [0.2, 0.25) is 0 Å². The van der Waals surface area contributed by atoms with E-state index in [0.29, 0.717) is 18.9 Å². The van der Waals surface area contributed by atoms with E-state index in [1.54, 1.807) is 0 Å². The fourth-order valence-corrected chi connectivity index (χ4v) is 3.04. The molecule has 1 rings (SSSR count). The normalized spacial score (nSPS) is 22.6. The Morgan fingerprint density at radius 2 is 1.65 bits per heavy atom. The van der Waals surface area contributed by atoms with Crippen LogP contribution in [0.4, 0.5) is 0 Å². The van der Waals surface area contributed by atoms with Crippen LogP contribution >= 0.6 is 0 Å². The molecule has 0 aromatic heterocycles. The van der Waals surface area contributed by atoms with Gasteiger partial charge in [0.25, 0.3) is 0 Å². The van der Waals surface area contributed by atoms with Gasteiger partial charge in [-0.3, -0.25) is 4.79 Å². The van der Waals surface area contributed by atoms with Gasteiger partial charge in [-0.05, 0) is 25.2 Å². The van der Waals surface area contributed by atoms with Crippen molar-refractivity contribution in [3.05, 3.63) is 0 Å². The molecule has 0 aromatic rings. The van der Waals surface area contributed by atoms with Crippen molar-refractivity contribution in [2.75, 3.05) is 6.61 Å². The van der Waals surface area contributed by atoms with E-state index in [9.17, 15) is 4.79 Å². The lowest BCUT2D eigenvalue weighted by Crippen LogP contribution is -2.15. The smallest absolute Gasteiger partial charge is 0.305 e. The first-order valence-electron chi connectivity index (χ1n) is 8.98. The third kappa shape index (κ3) is 9.39. The Morgan fingerprint density at radius 3 is 2.45 bits per heavy atom. The quantitative estimate of drug-likeness (QED) is 0.465. The summed E-state index contributed by atoms with van der Waals surface area (Å²) in [6.45, 7) is 2.93. The van der Waals surface area contributed by atoms with Crippen LogP contribution in [0, 0.1) is 5.92 Å². The Labute approximate surface area is 125 Å². The van der Waals surface area contributed by atoms with Crippen LogP contribution in [0.15, 0.2) is 0 Å². The van der Waals surface area contributed by atoms with Crippen molar-refractivity contribution in [1.29, 1.82) is 0 Å². The van der Waals surface area contributed by atoms with E-state index < -0.39 is 0 Å². The highest BCUT2D eigenvalue weighted by molar-refractivity contribution is 5.69. The maximum Gasteiger partial charge on any atom is 0.305 e. The molecule has 0 N–H and O–H groups in total. The van der Waals surface area contributed by atoms with Crippen LogP contribution in [0.25, 0.3) is 0 Å². The van der Waals surface area contributed by atoms with Crippen LogP contribution in [0.1, 0.15) is 96.8 Å². The number of unbranched alkanes of at least 4 members (excludes halogenated alkanes) is 4. The first-order chi connectivity index (χ1) is 9.83. The molecule has 2 nitrogen and oxygen atoms in total. The van der Waals surface area contributed by atoms with E-state index in [1.807, 2.05) is 0 Å². The fraction of sp³-hybridized carbons (Fsp3) is 0.944. The van der Waals surface area contributed by atoms with E-state index in [4.69, 9.17) is 4.74 Å². The van der Waals surface area contributed by atoms with Gasteiger partial charge in [0, 0.05) is 6.42 Å². The summed E-state index contributed by atoms with van der Waals surface area (Å²) in [4.78, 5) is 11.6. The zero-order chi connectivity index (χ0) is 14.5. The number of ether oxygens (including phenoxy) is 1. The molecule has 2 heteroatoms. The third-order valence-corrected chi connectivity index (χ3v) is 4.44. The van der Waals surface area contributed by atoms with E-state index >= 15 is 0 Å². The summed E-state index contributed by atoms with van der Waals surface area (Å²) in [7, 11) is 0. The van der Waals surface area contributed by atoms with Crippen molar-refractivity contribution < 1.29 is 9.53 Å². The Morgan fingerprint density at radius 1 is 0.950 bits per heavy atom. The summed E-state index contributed by atoms with van der Waals surface area (Å²) >= 11 is 0. The lowest BCUT2D eigenvalue weighted by atomic mass is 9.94. The van der Waals surface area contributed by atoms with Gasteiger partial charge in [-0.1, -0.05) is 71.1 Å². The van der Waals surface area contributed by atoms with Gasteiger partial charge in [0.15, 0.2) is 0 Å². The molecule has 0 bridgehead atoms. The molecule has 0 aliphatic carbocycles. The van der Waals surface area contributed by atoms with Crippen molar-refractivity contribution >= 4 is 5.97 Å². The van der Waals surface area contributed by atoms with Crippen molar-refractivity contribution in [3.63, 3.8) is 0 Å². The predicted molar refractivity (Wildman–Crippen MR) is 84.8 cm³/mol. The molecule has 1 aliphatic rings. The lowest BCUT2D eigenvalue weighted by Gasteiger charge is -2.18. The van der Waals surface area contributed by atoms with Gasteiger partial charge in [-0.2, -0.15) is 0 Å². The molecule has 0 aromatic carbocycles. The highest BCUT2D eigenvalue weighted by Crippen LogP contribution is 2.20. The van der Waals surface area contributed by atoms with Crippen LogP contribution in [0.3, 0.4) is 0 Å². The second-order valence-electron chi connectivity index (χ2n) is 6.41. The minimum atomic E-state index is 0.0292. The van der Waals surface area contributed by atoms with Gasteiger partial charge in [0.2, 0.25) is 0 Å². The summed E-state index contributed by atoms with van der Waals surface area (Å²) in [6, 6.07) is 0. The van der Waals surface area contributed by atoms with E-state index in [-0.39, 0.29) is 5.97 Å². The molecular formula is C18H34O2. The number of hydrogen-bond acceptors (Lipinski definition) is 2. The van der Waals surface area contributed by atoms with E-state index in [1.165, 1.54) is 77.0 Å². The predicted octanol–water partition coefficient (Wildman–Crippen LogP) is 5.64. The molecule has 0 saturated carbocycles. The number of hydrogen-bond donors (Lipinski definition) is 0. The molecule has 1 saturated heterocycles. The molecule has 0 spiro atoms. The van der Waals surface area contributed by atoms with Crippen molar-refractivity contribution in [1.82, 2.24) is 0 Å². The summed E-state index contributed by atoms with van der Waals surface area (Å²) in [5.41, 5.74) is 0. The van der Waals surface area contributed by atoms with Crippen molar-refractivity contribution in [2.24, 2.45) is 5.92 Å². The Bertz CT molecular complexity index is 238. The van der Waals surface area contributed by atoms with Crippen LogP contribution in [0.5, 0.6) is 0 Å². The zero-order valence-electron chi connectivity index (χ0n) is 13.5. The monoisotopic (exact) mass is 282 g/mol. The summed E-state index contributed by atoms with van der Waals surface area (Å²) in [5, 5.41) is 0. The first kappa shape index (κ1) is 17.5. The highest BCUT2D eigenvalue weighted by Gasteiger charge is 2.13. The second-order valence-corrected chi connectivity index (χ2v) is 6.41. The standard InChI is InChI=1S/C18H34O2/c1-2-3-4-7-10-13-17-14-11-8-5-6-9-12-15-18(19)20-16-17/h17H,2-16H2,1H3. The summed E-state index contributed by atoms with van der Waals surface area (Å²) < 4.78 is 5.47. The molecule has 20 heavy (non-hydrogen) atoms. The molecule has 118 valence electrons. The fourth-order valence-electron chi connectivity index (χ4n) is 3.04. The van der Waals surface area contributed by atoms with E-state index in [2.05, 4.69) is 6.92 Å². The van der Waals surface area contributed by atoms with Gasteiger partial charge in [0.05, 0.1) is 6.61 Å². The molecular weight excluding hydrogens is 248 g/mol.